The molecule has 5 heteroatoms. The third-order valence-corrected chi connectivity index (χ3v) is 2.62. The fraction of sp³-hybridized carbons (Fsp3) is 0.500. The molecule has 1 atom stereocenters. The number of nitrogens with zero attached hydrogens (tertiary/aromatic N) is 1. The Morgan fingerprint density at radius 3 is 2.80 bits per heavy atom. The van der Waals surface area contributed by atoms with Gasteiger partial charge in [-0.1, -0.05) is 0 Å². The minimum absolute atomic E-state index is 0.0391. The van der Waals surface area contributed by atoms with Crippen LogP contribution in [0.3, 0.4) is 0 Å². The summed E-state index contributed by atoms with van der Waals surface area (Å²) < 4.78 is 37.2. The molecule has 15 heavy (non-hydrogen) atoms. The summed E-state index contributed by atoms with van der Waals surface area (Å²) in [5, 5.41) is 0. The molecule has 2 nitrogen and oxygen atoms in total. The summed E-state index contributed by atoms with van der Waals surface area (Å²) in [7, 11) is 0. The second-order valence-corrected chi connectivity index (χ2v) is 3.83. The maximum absolute atomic E-state index is 12.4. The average molecular weight is 216 g/mol. The highest BCUT2D eigenvalue weighted by Gasteiger charge is 2.32. The van der Waals surface area contributed by atoms with Gasteiger partial charge in [-0.15, -0.1) is 0 Å². The molecule has 1 heterocycles. The normalized spacial score (nSPS) is 21.2. The van der Waals surface area contributed by atoms with Crippen LogP contribution in [0.1, 0.15) is 23.2 Å². The number of rotatable bonds is 0. The highest BCUT2D eigenvalue weighted by atomic mass is 19.4. The molecule has 1 aromatic rings. The van der Waals surface area contributed by atoms with Gasteiger partial charge in [0.25, 0.3) is 0 Å². The van der Waals surface area contributed by atoms with E-state index in [0.717, 1.165) is 18.3 Å². The standard InChI is InChI=1S/C10H11F3N2/c11-10(12,13)7-3-6-4-8(14)1-2-9(6)15-5-7/h3,5,8H,1-2,4,14H2. The molecule has 0 aromatic carbocycles. The molecular weight excluding hydrogens is 205 g/mol. The molecule has 0 saturated carbocycles. The summed E-state index contributed by atoms with van der Waals surface area (Å²) in [5.74, 6) is 0. The average Bonchev–Trinajstić information content (AvgIpc) is 2.15. The van der Waals surface area contributed by atoms with E-state index >= 15 is 0 Å². The van der Waals surface area contributed by atoms with Gasteiger partial charge in [0.05, 0.1) is 5.56 Å². The predicted molar refractivity (Wildman–Crippen MR) is 49.2 cm³/mol. The van der Waals surface area contributed by atoms with E-state index in [1.165, 1.54) is 6.07 Å². The predicted octanol–water partition coefficient (Wildman–Crippen LogP) is 1.92. The molecule has 1 aliphatic rings. The first kappa shape index (κ1) is 10.4. The second-order valence-electron chi connectivity index (χ2n) is 3.83. The van der Waals surface area contributed by atoms with Crippen LogP contribution in [-0.2, 0) is 19.0 Å². The first-order valence-corrected chi connectivity index (χ1v) is 4.77. The lowest BCUT2D eigenvalue weighted by atomic mass is 9.91. The number of halogens is 3. The van der Waals surface area contributed by atoms with Crippen LogP contribution in [0, 0.1) is 0 Å². The molecule has 1 aromatic heterocycles. The number of aromatic nitrogens is 1. The first-order valence-electron chi connectivity index (χ1n) is 4.77. The lowest BCUT2D eigenvalue weighted by Gasteiger charge is -2.21. The maximum Gasteiger partial charge on any atom is 0.417 e. The van der Waals surface area contributed by atoms with E-state index < -0.39 is 11.7 Å². The van der Waals surface area contributed by atoms with Gasteiger partial charge in [-0.25, -0.2) is 0 Å². The number of hydrogen-bond donors (Lipinski definition) is 1. The Kier molecular flexibility index (Phi) is 2.42. The van der Waals surface area contributed by atoms with Crippen molar-refractivity contribution < 1.29 is 13.2 Å². The Morgan fingerprint density at radius 1 is 1.40 bits per heavy atom. The lowest BCUT2D eigenvalue weighted by Crippen LogP contribution is -2.28. The molecule has 82 valence electrons. The Bertz CT molecular complexity index is 373. The van der Waals surface area contributed by atoms with Crippen molar-refractivity contribution in [2.24, 2.45) is 5.73 Å². The number of alkyl halides is 3. The van der Waals surface area contributed by atoms with Gasteiger partial charge < -0.3 is 5.73 Å². The first-order chi connectivity index (χ1) is 6.97. The molecule has 1 unspecified atom stereocenters. The van der Waals surface area contributed by atoms with Crippen LogP contribution in [0.2, 0.25) is 0 Å². The van der Waals surface area contributed by atoms with Crippen LogP contribution in [0.15, 0.2) is 12.3 Å². The monoisotopic (exact) mass is 216 g/mol. The van der Waals surface area contributed by atoms with Crippen LogP contribution in [0.25, 0.3) is 0 Å². The third kappa shape index (κ3) is 2.12. The highest BCUT2D eigenvalue weighted by molar-refractivity contribution is 5.29. The Morgan fingerprint density at radius 2 is 2.13 bits per heavy atom. The van der Waals surface area contributed by atoms with Crippen molar-refractivity contribution in [3.05, 3.63) is 29.1 Å². The van der Waals surface area contributed by atoms with Crippen LogP contribution in [0.5, 0.6) is 0 Å². The molecule has 2 N–H and O–H groups in total. The van der Waals surface area contributed by atoms with Crippen molar-refractivity contribution in [2.45, 2.75) is 31.5 Å². The zero-order valence-corrected chi connectivity index (χ0v) is 8.01. The van der Waals surface area contributed by atoms with E-state index in [2.05, 4.69) is 4.98 Å². The molecule has 0 radical (unpaired) electrons. The summed E-state index contributed by atoms with van der Waals surface area (Å²) in [6.45, 7) is 0. The van der Waals surface area contributed by atoms with Gasteiger partial charge in [-0.2, -0.15) is 13.2 Å². The molecule has 0 amide bonds. The molecule has 2 rings (SSSR count). The number of aryl methyl sites for hydroxylation is 1. The smallest absolute Gasteiger partial charge is 0.327 e. The van der Waals surface area contributed by atoms with Crippen molar-refractivity contribution in [3.8, 4) is 0 Å². The molecule has 0 spiro atoms. The molecule has 0 saturated heterocycles. The zero-order valence-electron chi connectivity index (χ0n) is 8.01. The minimum atomic E-state index is -4.32. The van der Waals surface area contributed by atoms with E-state index in [4.69, 9.17) is 5.73 Å². The fourth-order valence-electron chi connectivity index (χ4n) is 1.80. The van der Waals surface area contributed by atoms with Gasteiger partial charge in [-0.05, 0) is 30.9 Å². The van der Waals surface area contributed by atoms with Crippen molar-refractivity contribution in [2.75, 3.05) is 0 Å². The number of hydrogen-bond acceptors (Lipinski definition) is 2. The van der Waals surface area contributed by atoms with Crippen molar-refractivity contribution >= 4 is 0 Å². The van der Waals surface area contributed by atoms with E-state index in [-0.39, 0.29) is 6.04 Å². The summed E-state index contributed by atoms with van der Waals surface area (Å²) in [4.78, 5) is 3.84. The second kappa shape index (κ2) is 3.48. The summed E-state index contributed by atoms with van der Waals surface area (Å²) in [6.07, 6.45) is -1.45. The van der Waals surface area contributed by atoms with Crippen molar-refractivity contribution in [1.82, 2.24) is 4.98 Å². The lowest BCUT2D eigenvalue weighted by molar-refractivity contribution is -0.137. The van der Waals surface area contributed by atoms with E-state index in [9.17, 15) is 13.2 Å². The molecular formula is C10H11F3N2. The third-order valence-electron chi connectivity index (χ3n) is 2.62. The topological polar surface area (TPSA) is 38.9 Å². The summed E-state index contributed by atoms with van der Waals surface area (Å²) in [6, 6.07) is 1.13. The zero-order chi connectivity index (χ0) is 11.1. The van der Waals surface area contributed by atoms with Crippen LogP contribution in [0.4, 0.5) is 13.2 Å². The SMILES string of the molecule is NC1CCc2ncc(C(F)(F)F)cc2C1. The highest BCUT2D eigenvalue weighted by Crippen LogP contribution is 2.31. The minimum Gasteiger partial charge on any atom is -0.327 e. The molecule has 0 bridgehead atoms. The van der Waals surface area contributed by atoms with Gasteiger partial charge in [-0.3, -0.25) is 4.98 Å². The van der Waals surface area contributed by atoms with E-state index in [0.29, 0.717) is 18.4 Å². The largest absolute Gasteiger partial charge is 0.417 e. The van der Waals surface area contributed by atoms with Crippen LogP contribution in [-0.4, -0.2) is 11.0 Å². The van der Waals surface area contributed by atoms with Crippen LogP contribution < -0.4 is 5.73 Å². The number of pyridine rings is 1. The van der Waals surface area contributed by atoms with Gasteiger partial charge in [0, 0.05) is 17.9 Å². The van der Waals surface area contributed by atoms with Gasteiger partial charge in [0.1, 0.15) is 0 Å². The van der Waals surface area contributed by atoms with E-state index in [1.54, 1.807) is 0 Å². The molecule has 0 fully saturated rings. The fourth-order valence-corrected chi connectivity index (χ4v) is 1.80. The van der Waals surface area contributed by atoms with Gasteiger partial charge in [0.15, 0.2) is 0 Å². The molecule has 1 aliphatic carbocycles. The number of fused-ring (bicyclic) bond motifs is 1. The molecule has 0 aliphatic heterocycles. The summed E-state index contributed by atoms with van der Waals surface area (Å²) in [5.41, 5.74) is 6.41. The van der Waals surface area contributed by atoms with Gasteiger partial charge in [0.2, 0.25) is 0 Å². The van der Waals surface area contributed by atoms with Crippen molar-refractivity contribution in [1.29, 1.82) is 0 Å². The Hall–Kier alpha value is -1.10. The maximum atomic E-state index is 12.4. The van der Waals surface area contributed by atoms with E-state index in [1.807, 2.05) is 0 Å². The van der Waals surface area contributed by atoms with Gasteiger partial charge >= 0.3 is 6.18 Å². The van der Waals surface area contributed by atoms with Crippen LogP contribution >= 0.6 is 0 Å². The number of nitrogens with two attached hydrogens (primary N) is 1. The quantitative estimate of drug-likeness (QED) is 0.719. The Labute approximate surface area is 85.3 Å². The van der Waals surface area contributed by atoms with Crippen molar-refractivity contribution in [3.63, 3.8) is 0 Å². The summed E-state index contributed by atoms with van der Waals surface area (Å²) >= 11 is 0. The Balaban J connectivity index is 2.37.